The molecule has 0 fully saturated rings. The summed E-state index contributed by atoms with van der Waals surface area (Å²) in [7, 11) is 0. The molecule has 0 aliphatic heterocycles. The summed E-state index contributed by atoms with van der Waals surface area (Å²) in [5.41, 5.74) is 16.1. The van der Waals surface area contributed by atoms with Crippen molar-refractivity contribution in [3.63, 3.8) is 0 Å². The van der Waals surface area contributed by atoms with Crippen LogP contribution in [0.4, 0.5) is 11.4 Å². The Bertz CT molecular complexity index is 618. The average molecular weight is 256 g/mol. The molecule has 0 radical (unpaired) electrons. The monoisotopic (exact) mass is 256 g/mol. The summed E-state index contributed by atoms with van der Waals surface area (Å²) in [6.45, 7) is 0. The Morgan fingerprint density at radius 3 is 2.44 bits per heavy atom. The van der Waals surface area contributed by atoms with E-state index in [0.717, 1.165) is 5.52 Å². The fourth-order valence-electron chi connectivity index (χ4n) is 1.39. The third kappa shape index (κ3) is 2.89. The highest BCUT2D eigenvalue weighted by Crippen LogP contribution is 2.19. The van der Waals surface area contributed by atoms with Crippen LogP contribution in [0.15, 0.2) is 59.2 Å². The minimum absolute atomic E-state index is 0.525. The summed E-state index contributed by atoms with van der Waals surface area (Å²) >= 11 is 1.68. The van der Waals surface area contributed by atoms with Gasteiger partial charge in [0.15, 0.2) is 0 Å². The van der Waals surface area contributed by atoms with Gasteiger partial charge >= 0.3 is 0 Å². The number of nitrogens with one attached hydrogen (secondary N) is 1. The maximum atomic E-state index is 6.63. The Kier molecular flexibility index (Phi) is 3.98. The van der Waals surface area contributed by atoms with Crippen molar-refractivity contribution < 1.29 is 0 Å². The molecule has 3 aromatic rings. The van der Waals surface area contributed by atoms with Crippen molar-refractivity contribution in [2.24, 2.45) is 5.11 Å². The SMILES string of the molecule is N=Nc1ccccc1N.c1ccc2scnc2c1. The van der Waals surface area contributed by atoms with Gasteiger partial charge in [-0.3, -0.25) is 0 Å². The standard InChI is InChI=1S/C7H5NS.C6H7N3/c1-2-4-7-6(3-1)8-5-9-7;7-5-3-1-2-4-6(5)9-8/h1-5H;1-4,8H,7H2. The number of nitrogens with two attached hydrogens (primary N) is 1. The first-order chi connectivity index (χ1) is 8.81. The van der Waals surface area contributed by atoms with E-state index in [0.29, 0.717) is 11.4 Å². The molecular weight excluding hydrogens is 244 g/mol. The average Bonchev–Trinajstić information content (AvgIpc) is 2.88. The molecule has 0 spiro atoms. The summed E-state index contributed by atoms with van der Waals surface area (Å²) in [6, 6.07) is 15.1. The lowest BCUT2D eigenvalue weighted by molar-refractivity contribution is 1.15. The number of nitrogens with zero attached hydrogens (tertiary/aromatic N) is 2. The number of hydrogen-bond donors (Lipinski definition) is 2. The van der Waals surface area contributed by atoms with E-state index in [2.05, 4.69) is 16.2 Å². The molecule has 4 nitrogen and oxygen atoms in total. The summed E-state index contributed by atoms with van der Waals surface area (Å²) in [6.07, 6.45) is 0. The van der Waals surface area contributed by atoms with Crippen LogP contribution in [0.5, 0.6) is 0 Å². The van der Waals surface area contributed by atoms with E-state index in [4.69, 9.17) is 11.3 Å². The Morgan fingerprint density at radius 2 is 1.78 bits per heavy atom. The van der Waals surface area contributed by atoms with E-state index in [1.807, 2.05) is 29.8 Å². The maximum Gasteiger partial charge on any atom is 0.108 e. The van der Waals surface area contributed by atoms with Crippen molar-refractivity contribution in [2.75, 3.05) is 5.73 Å². The molecule has 3 rings (SSSR count). The minimum atomic E-state index is 0.525. The number of anilines is 1. The van der Waals surface area contributed by atoms with Gasteiger partial charge in [0.1, 0.15) is 5.69 Å². The number of para-hydroxylation sites is 3. The van der Waals surface area contributed by atoms with Gasteiger partial charge in [0, 0.05) is 0 Å². The Hall–Kier alpha value is -2.27. The van der Waals surface area contributed by atoms with Gasteiger partial charge < -0.3 is 5.73 Å². The molecule has 0 saturated carbocycles. The van der Waals surface area contributed by atoms with Crippen LogP contribution in [-0.2, 0) is 0 Å². The normalized spacial score (nSPS) is 9.56. The van der Waals surface area contributed by atoms with Crippen LogP contribution < -0.4 is 5.73 Å². The summed E-state index contributed by atoms with van der Waals surface area (Å²) in [5.74, 6) is 0. The molecule has 18 heavy (non-hydrogen) atoms. The number of fused-ring (bicyclic) bond motifs is 1. The van der Waals surface area contributed by atoms with Crippen LogP contribution in [0, 0.1) is 5.53 Å². The Balaban J connectivity index is 0.000000134. The molecule has 90 valence electrons. The molecule has 0 amide bonds. The fourth-order valence-corrected chi connectivity index (χ4v) is 2.07. The fraction of sp³-hybridized carbons (Fsp3) is 0. The number of thiazole rings is 1. The van der Waals surface area contributed by atoms with Crippen LogP contribution in [0.2, 0.25) is 0 Å². The lowest BCUT2D eigenvalue weighted by Crippen LogP contribution is -1.82. The van der Waals surface area contributed by atoms with Gasteiger partial charge in [0.25, 0.3) is 0 Å². The van der Waals surface area contributed by atoms with Crippen molar-refractivity contribution in [3.8, 4) is 0 Å². The van der Waals surface area contributed by atoms with E-state index in [1.54, 1.807) is 29.5 Å². The van der Waals surface area contributed by atoms with Crippen molar-refractivity contribution in [1.29, 1.82) is 5.53 Å². The summed E-state index contributed by atoms with van der Waals surface area (Å²) in [5, 5.41) is 3.20. The smallest absolute Gasteiger partial charge is 0.108 e. The highest BCUT2D eigenvalue weighted by atomic mass is 32.1. The van der Waals surface area contributed by atoms with Crippen LogP contribution in [0.3, 0.4) is 0 Å². The number of hydrogen-bond acceptors (Lipinski definition) is 5. The van der Waals surface area contributed by atoms with E-state index in [-0.39, 0.29) is 0 Å². The largest absolute Gasteiger partial charge is 0.397 e. The van der Waals surface area contributed by atoms with Crippen molar-refractivity contribution >= 4 is 32.9 Å². The molecule has 0 aliphatic carbocycles. The van der Waals surface area contributed by atoms with Crippen LogP contribution in [-0.4, -0.2) is 4.98 Å². The van der Waals surface area contributed by atoms with Gasteiger partial charge in [-0.05, 0) is 24.3 Å². The first kappa shape index (κ1) is 12.2. The van der Waals surface area contributed by atoms with E-state index >= 15 is 0 Å². The predicted molar refractivity (Wildman–Crippen MR) is 75.3 cm³/mol. The molecule has 0 aliphatic rings. The highest BCUT2D eigenvalue weighted by Gasteiger charge is 1.90. The van der Waals surface area contributed by atoms with E-state index < -0.39 is 0 Å². The van der Waals surface area contributed by atoms with Gasteiger partial charge in [-0.1, -0.05) is 24.3 Å². The number of aromatic nitrogens is 1. The zero-order chi connectivity index (χ0) is 12.8. The molecule has 1 heterocycles. The molecule has 0 atom stereocenters. The topological polar surface area (TPSA) is 75.1 Å². The lowest BCUT2D eigenvalue weighted by atomic mass is 10.3. The van der Waals surface area contributed by atoms with E-state index in [9.17, 15) is 0 Å². The van der Waals surface area contributed by atoms with Gasteiger partial charge in [0.2, 0.25) is 0 Å². The second-order valence-corrected chi connectivity index (χ2v) is 4.38. The Labute approximate surface area is 109 Å². The third-order valence-electron chi connectivity index (χ3n) is 2.29. The first-order valence-electron chi connectivity index (χ1n) is 5.31. The van der Waals surface area contributed by atoms with Gasteiger partial charge in [-0.15, -0.1) is 11.3 Å². The van der Waals surface area contributed by atoms with Gasteiger partial charge in [-0.25, -0.2) is 10.5 Å². The molecular formula is C13H12N4S. The van der Waals surface area contributed by atoms with E-state index in [1.165, 1.54) is 4.70 Å². The van der Waals surface area contributed by atoms with Crippen LogP contribution in [0.25, 0.3) is 10.2 Å². The molecule has 0 unspecified atom stereocenters. The van der Waals surface area contributed by atoms with Crippen molar-refractivity contribution in [2.45, 2.75) is 0 Å². The van der Waals surface area contributed by atoms with Crippen LogP contribution >= 0.6 is 11.3 Å². The zero-order valence-electron chi connectivity index (χ0n) is 9.58. The molecule has 1 aromatic heterocycles. The van der Waals surface area contributed by atoms with Gasteiger partial charge in [-0.2, -0.15) is 5.11 Å². The van der Waals surface area contributed by atoms with Gasteiger partial charge in [0.05, 0.1) is 21.4 Å². The second-order valence-electron chi connectivity index (χ2n) is 3.49. The Morgan fingerprint density at radius 1 is 1.06 bits per heavy atom. The van der Waals surface area contributed by atoms with Crippen LogP contribution in [0.1, 0.15) is 0 Å². The van der Waals surface area contributed by atoms with Crippen molar-refractivity contribution in [3.05, 3.63) is 54.0 Å². The third-order valence-corrected chi connectivity index (χ3v) is 3.10. The number of benzene rings is 2. The highest BCUT2D eigenvalue weighted by molar-refractivity contribution is 7.16. The number of nitrogen functional groups attached to an aromatic ring is 1. The molecule has 0 saturated heterocycles. The second kappa shape index (κ2) is 5.88. The maximum absolute atomic E-state index is 6.63. The molecule has 2 aromatic carbocycles. The van der Waals surface area contributed by atoms with Crippen molar-refractivity contribution in [1.82, 2.24) is 4.98 Å². The number of rotatable bonds is 1. The summed E-state index contributed by atoms with van der Waals surface area (Å²) in [4.78, 5) is 4.14. The lowest BCUT2D eigenvalue weighted by Gasteiger charge is -1.93. The minimum Gasteiger partial charge on any atom is -0.397 e. The molecule has 0 bridgehead atoms. The molecule has 5 heteroatoms. The molecule has 3 N–H and O–H groups in total. The first-order valence-corrected chi connectivity index (χ1v) is 6.19. The zero-order valence-corrected chi connectivity index (χ0v) is 10.4. The quantitative estimate of drug-likeness (QED) is 0.505. The summed E-state index contributed by atoms with van der Waals surface area (Å²) < 4.78 is 1.26. The predicted octanol–water partition coefficient (Wildman–Crippen LogP) is 4.23.